The summed E-state index contributed by atoms with van der Waals surface area (Å²) in [6, 6.07) is 57.0. The van der Waals surface area contributed by atoms with Crippen LogP contribution in [0, 0.1) is 0 Å². The lowest BCUT2D eigenvalue weighted by Gasteiger charge is -2.11. The molecule has 4 heteroatoms. The van der Waals surface area contributed by atoms with Crippen molar-refractivity contribution in [3.8, 4) is 78.7 Å². The Bertz CT molecular complexity index is 3650. The zero-order valence-electron chi connectivity index (χ0n) is 37.5. The summed E-state index contributed by atoms with van der Waals surface area (Å²) in [5.74, 6) is 0.742. The lowest BCUT2D eigenvalue weighted by atomic mass is 9.94. The van der Waals surface area contributed by atoms with Crippen LogP contribution >= 0.6 is 11.3 Å². The fourth-order valence-corrected chi connectivity index (χ4v) is 8.64. The van der Waals surface area contributed by atoms with Gasteiger partial charge in [0.1, 0.15) is 0 Å². The number of hydrogen-bond acceptors (Lipinski definition) is 4. The van der Waals surface area contributed by atoms with Crippen LogP contribution in [0.25, 0.3) is 110 Å². The molecule has 0 unspecified atom stereocenters. The first-order valence-corrected chi connectivity index (χ1v) is 20.2. The molecule has 0 aliphatic rings. The molecule has 2 heterocycles. The Hall–Kier alpha value is -7.53. The van der Waals surface area contributed by atoms with Crippen LogP contribution in [0.5, 0.6) is 0 Å². The fraction of sp³-hybridized carbons (Fsp3) is 0. The van der Waals surface area contributed by atoms with E-state index in [0.717, 1.165) is 55.5 Å². The van der Waals surface area contributed by atoms with Crippen LogP contribution in [0.1, 0.15) is 8.22 Å². The van der Waals surface area contributed by atoms with Gasteiger partial charge in [0.15, 0.2) is 17.5 Å². The predicted molar refractivity (Wildman–Crippen MR) is 248 cm³/mol. The van der Waals surface area contributed by atoms with Crippen molar-refractivity contribution in [1.29, 1.82) is 0 Å². The van der Waals surface area contributed by atoms with Crippen molar-refractivity contribution < 1.29 is 8.22 Å². The van der Waals surface area contributed by atoms with E-state index in [1.54, 1.807) is 0 Å². The van der Waals surface area contributed by atoms with E-state index in [-0.39, 0.29) is 64.0 Å². The normalized spacial score (nSPS) is 12.8. The van der Waals surface area contributed by atoms with Crippen LogP contribution in [-0.4, -0.2) is 15.0 Å². The van der Waals surface area contributed by atoms with E-state index in [9.17, 15) is 8.22 Å². The SMILES string of the molecule is [2H]c1c(-c2ccccc2-c2ccccc2)c([2H])c2c(sc3c([2H])c(-c4nc(-c5ccc(-c6ccccc6)cc5)nc(-c5ccc(-c6cccc7ccccc67)cc5)n4)c([2H])c([2H])c32)c1[2H]. The van der Waals surface area contributed by atoms with Crippen molar-refractivity contribution in [2.45, 2.75) is 0 Å². The van der Waals surface area contributed by atoms with Crippen molar-refractivity contribution in [2.24, 2.45) is 0 Å². The molecular formula is C55H35N3S. The summed E-state index contributed by atoms with van der Waals surface area (Å²) < 4.78 is 57.5. The minimum absolute atomic E-state index is 0.0219. The molecule has 0 aliphatic carbocycles. The average Bonchev–Trinajstić information content (AvgIpc) is 3.78. The molecule has 11 aromatic rings. The summed E-state index contributed by atoms with van der Waals surface area (Å²) >= 11 is 1.09. The fourth-order valence-electron chi connectivity index (χ4n) is 7.67. The van der Waals surface area contributed by atoms with Crippen molar-refractivity contribution in [1.82, 2.24) is 15.0 Å². The third-order valence-electron chi connectivity index (χ3n) is 10.6. The Kier molecular flexibility index (Phi) is 7.21. The number of fused-ring (bicyclic) bond motifs is 4. The molecule has 0 N–H and O–H groups in total. The zero-order chi connectivity index (χ0) is 44.3. The number of nitrogens with zero attached hydrogens (tertiary/aromatic N) is 3. The number of hydrogen-bond donors (Lipinski definition) is 0. The van der Waals surface area contributed by atoms with Crippen LogP contribution in [0.4, 0.5) is 0 Å². The standard InChI is InChI=1S/C55H35N3S/c1-3-12-36(13-4-1)37-22-26-41(27-23-37)53-56-54(42-28-24-40(25-29-42)47-21-11-17-39-16-7-8-18-45(39)47)58-55(57-53)44-30-32-49-50-34-43(31-33-51(50)59-52(49)35-44)48-20-10-9-19-46(48)38-14-5-2-6-15-38/h1-35H/i30D,31D,32D,33D,34D,35D. The Morgan fingerprint density at radius 3 is 1.51 bits per heavy atom. The quantitative estimate of drug-likeness (QED) is 0.162. The Labute approximate surface area is 355 Å². The van der Waals surface area contributed by atoms with Crippen LogP contribution < -0.4 is 0 Å². The lowest BCUT2D eigenvalue weighted by Crippen LogP contribution is -2.00. The van der Waals surface area contributed by atoms with Crippen LogP contribution in [0.3, 0.4) is 0 Å². The smallest absolute Gasteiger partial charge is 0.164 e. The monoisotopic (exact) mass is 775 g/mol. The molecule has 0 amide bonds. The molecule has 2 aromatic heterocycles. The van der Waals surface area contributed by atoms with Gasteiger partial charge in [0, 0.05) is 36.9 Å². The maximum absolute atomic E-state index is 9.71. The van der Waals surface area contributed by atoms with Gasteiger partial charge in [0.05, 0.1) is 8.22 Å². The molecule has 59 heavy (non-hydrogen) atoms. The number of aromatic nitrogens is 3. The highest BCUT2D eigenvalue weighted by Crippen LogP contribution is 2.40. The van der Waals surface area contributed by atoms with E-state index in [0.29, 0.717) is 37.7 Å². The van der Waals surface area contributed by atoms with E-state index in [4.69, 9.17) is 15.0 Å². The Balaban J connectivity index is 1.09. The van der Waals surface area contributed by atoms with Gasteiger partial charge < -0.3 is 0 Å². The molecular weight excluding hydrogens is 735 g/mol. The zero-order valence-corrected chi connectivity index (χ0v) is 32.3. The maximum atomic E-state index is 9.71. The highest BCUT2D eigenvalue weighted by Gasteiger charge is 2.16. The van der Waals surface area contributed by atoms with E-state index < -0.39 is 0 Å². The van der Waals surface area contributed by atoms with Gasteiger partial charge in [0.25, 0.3) is 0 Å². The van der Waals surface area contributed by atoms with E-state index >= 15 is 0 Å². The molecule has 9 aromatic carbocycles. The molecule has 3 nitrogen and oxygen atoms in total. The average molecular weight is 776 g/mol. The van der Waals surface area contributed by atoms with Gasteiger partial charge in [0.2, 0.25) is 0 Å². The highest BCUT2D eigenvalue weighted by atomic mass is 32.1. The molecule has 0 radical (unpaired) electrons. The first-order chi connectivity index (χ1) is 31.7. The van der Waals surface area contributed by atoms with Crippen molar-refractivity contribution >= 4 is 42.3 Å². The molecule has 0 atom stereocenters. The second-order valence-electron chi connectivity index (χ2n) is 14.3. The van der Waals surface area contributed by atoms with Gasteiger partial charge >= 0.3 is 0 Å². The van der Waals surface area contributed by atoms with Crippen LogP contribution in [0.2, 0.25) is 0 Å². The Morgan fingerprint density at radius 1 is 0.305 bits per heavy atom. The molecule has 0 saturated carbocycles. The number of thiophene rings is 1. The van der Waals surface area contributed by atoms with E-state index in [2.05, 4.69) is 30.3 Å². The van der Waals surface area contributed by atoms with Crippen molar-refractivity contribution in [2.75, 3.05) is 0 Å². The van der Waals surface area contributed by atoms with Crippen molar-refractivity contribution in [3.05, 3.63) is 212 Å². The van der Waals surface area contributed by atoms with E-state index in [1.807, 2.05) is 146 Å². The second-order valence-corrected chi connectivity index (χ2v) is 15.3. The van der Waals surface area contributed by atoms with Crippen molar-refractivity contribution in [3.63, 3.8) is 0 Å². The third-order valence-corrected chi connectivity index (χ3v) is 11.7. The van der Waals surface area contributed by atoms with Gasteiger partial charge in [-0.3, -0.25) is 0 Å². The maximum Gasteiger partial charge on any atom is 0.164 e. The minimum atomic E-state index is -0.275. The van der Waals surface area contributed by atoms with Crippen LogP contribution in [0.15, 0.2) is 212 Å². The summed E-state index contributed by atoms with van der Waals surface area (Å²) in [7, 11) is 0. The van der Waals surface area contributed by atoms with E-state index in [1.165, 1.54) is 0 Å². The van der Waals surface area contributed by atoms with Gasteiger partial charge in [-0.05, 0) is 73.4 Å². The molecule has 0 fully saturated rings. The molecule has 11 rings (SSSR count). The summed E-state index contributed by atoms with van der Waals surface area (Å²) in [6.45, 7) is 0. The second kappa shape index (κ2) is 14.8. The summed E-state index contributed by atoms with van der Waals surface area (Å²) in [4.78, 5) is 14.8. The molecule has 0 saturated heterocycles. The van der Waals surface area contributed by atoms with Gasteiger partial charge in [-0.2, -0.15) is 0 Å². The molecule has 276 valence electrons. The summed E-state index contributed by atoms with van der Waals surface area (Å²) in [5.41, 5.74) is 8.27. The molecule has 0 bridgehead atoms. The Morgan fingerprint density at radius 2 is 0.797 bits per heavy atom. The van der Waals surface area contributed by atoms with Crippen LogP contribution in [-0.2, 0) is 0 Å². The molecule has 0 aliphatic heterocycles. The number of benzene rings is 9. The minimum Gasteiger partial charge on any atom is -0.208 e. The topological polar surface area (TPSA) is 38.7 Å². The lowest BCUT2D eigenvalue weighted by molar-refractivity contribution is 1.07. The highest BCUT2D eigenvalue weighted by molar-refractivity contribution is 7.25. The molecule has 0 spiro atoms. The van der Waals surface area contributed by atoms with Gasteiger partial charge in [-0.25, -0.2) is 15.0 Å². The van der Waals surface area contributed by atoms with Gasteiger partial charge in [-0.15, -0.1) is 11.3 Å². The van der Waals surface area contributed by atoms with Gasteiger partial charge in [-0.1, -0.05) is 194 Å². The third kappa shape index (κ3) is 6.56. The first kappa shape index (κ1) is 28.8. The first-order valence-electron chi connectivity index (χ1n) is 22.4. The largest absolute Gasteiger partial charge is 0.208 e. The summed E-state index contributed by atoms with van der Waals surface area (Å²) in [6.07, 6.45) is 0. The summed E-state index contributed by atoms with van der Waals surface area (Å²) in [5, 5.41) is 2.80. The number of rotatable bonds is 7. The predicted octanol–water partition coefficient (Wildman–Crippen LogP) is 15.1.